The van der Waals surface area contributed by atoms with Gasteiger partial charge in [-0.3, -0.25) is 0 Å². The zero-order chi connectivity index (χ0) is 18.9. The molecule has 1 aromatic heterocycles. The summed E-state index contributed by atoms with van der Waals surface area (Å²) in [5, 5.41) is 0.628. The van der Waals surface area contributed by atoms with Gasteiger partial charge in [0.25, 0.3) is 0 Å². The highest BCUT2D eigenvalue weighted by molar-refractivity contribution is 6.30. The number of amides is 1. The van der Waals surface area contributed by atoms with Gasteiger partial charge in [-0.15, -0.1) is 0 Å². The van der Waals surface area contributed by atoms with Gasteiger partial charge >= 0.3 is 6.09 Å². The van der Waals surface area contributed by atoms with Crippen LogP contribution in [0.15, 0.2) is 66.9 Å². The van der Waals surface area contributed by atoms with E-state index in [0.717, 1.165) is 11.1 Å². The summed E-state index contributed by atoms with van der Waals surface area (Å²) in [7, 11) is 0. The molecule has 136 valence electrons. The lowest BCUT2D eigenvalue weighted by Gasteiger charge is -2.38. The maximum Gasteiger partial charge on any atom is 0.417 e. The van der Waals surface area contributed by atoms with Crippen LogP contribution in [-0.2, 0) is 10.3 Å². The third-order valence-electron chi connectivity index (χ3n) is 4.73. The average Bonchev–Trinajstić information content (AvgIpc) is 2.69. The predicted molar refractivity (Wildman–Crippen MR) is 105 cm³/mol. The van der Waals surface area contributed by atoms with E-state index >= 15 is 0 Å². The van der Waals surface area contributed by atoms with E-state index in [1.54, 1.807) is 18.3 Å². The van der Waals surface area contributed by atoms with Crippen LogP contribution in [0.2, 0.25) is 5.02 Å². The Bertz CT molecular complexity index is 980. The number of nitrogens with zero attached hydrogens (tertiary/aromatic N) is 3. The molecule has 1 atom stereocenters. The van der Waals surface area contributed by atoms with Gasteiger partial charge in [0, 0.05) is 29.7 Å². The van der Waals surface area contributed by atoms with Crippen molar-refractivity contribution in [2.24, 2.45) is 0 Å². The van der Waals surface area contributed by atoms with Gasteiger partial charge in [0.2, 0.25) is 5.95 Å². The number of benzene rings is 2. The molecule has 0 radical (unpaired) electrons. The molecule has 0 aliphatic carbocycles. The molecule has 1 saturated heterocycles. The van der Waals surface area contributed by atoms with Gasteiger partial charge in [0.15, 0.2) is 0 Å². The van der Waals surface area contributed by atoms with Crippen molar-refractivity contribution in [1.82, 2.24) is 9.97 Å². The number of anilines is 1. The first-order valence-electron chi connectivity index (χ1n) is 8.70. The van der Waals surface area contributed by atoms with Crippen molar-refractivity contribution in [1.29, 1.82) is 0 Å². The van der Waals surface area contributed by atoms with Crippen LogP contribution in [0.4, 0.5) is 10.7 Å². The summed E-state index contributed by atoms with van der Waals surface area (Å²) < 4.78 is 5.78. The Morgan fingerprint density at radius 2 is 1.93 bits per heavy atom. The van der Waals surface area contributed by atoms with Crippen molar-refractivity contribution in [3.8, 4) is 11.3 Å². The van der Waals surface area contributed by atoms with Crippen molar-refractivity contribution >= 4 is 23.6 Å². The first kappa shape index (κ1) is 17.5. The van der Waals surface area contributed by atoms with E-state index in [4.69, 9.17) is 16.3 Å². The van der Waals surface area contributed by atoms with Crippen LogP contribution in [-0.4, -0.2) is 22.6 Å². The third kappa shape index (κ3) is 3.51. The van der Waals surface area contributed by atoms with E-state index in [2.05, 4.69) is 9.97 Å². The Hall–Kier alpha value is -2.92. The number of halogens is 1. The lowest BCUT2D eigenvalue weighted by Crippen LogP contribution is -2.47. The second kappa shape index (κ2) is 7.00. The van der Waals surface area contributed by atoms with Crippen LogP contribution in [0.1, 0.15) is 18.9 Å². The fourth-order valence-corrected chi connectivity index (χ4v) is 3.37. The van der Waals surface area contributed by atoms with E-state index in [9.17, 15) is 4.79 Å². The number of ether oxygens (including phenoxy) is 1. The molecule has 6 heteroatoms. The van der Waals surface area contributed by atoms with Gasteiger partial charge in [-0.2, -0.15) is 0 Å². The Kier molecular flexibility index (Phi) is 4.54. The molecule has 1 unspecified atom stereocenters. The smallest absolute Gasteiger partial charge is 0.417 e. The topological polar surface area (TPSA) is 55.3 Å². The molecule has 2 heterocycles. The fourth-order valence-electron chi connectivity index (χ4n) is 3.18. The number of rotatable bonds is 3. The van der Waals surface area contributed by atoms with Gasteiger partial charge < -0.3 is 4.74 Å². The SMILES string of the molecule is CC1(c2ccccc2)CCN(c2nccc(-c3cccc(Cl)c3)n2)C(=O)O1. The molecule has 1 fully saturated rings. The molecule has 1 amide bonds. The van der Waals surface area contributed by atoms with E-state index in [0.29, 0.717) is 29.6 Å². The first-order valence-corrected chi connectivity index (χ1v) is 9.08. The number of hydrogen-bond acceptors (Lipinski definition) is 4. The summed E-state index contributed by atoms with van der Waals surface area (Å²) in [4.78, 5) is 23.0. The zero-order valence-electron chi connectivity index (χ0n) is 14.8. The molecule has 3 aromatic rings. The molecule has 27 heavy (non-hydrogen) atoms. The molecule has 5 nitrogen and oxygen atoms in total. The molecule has 1 aliphatic rings. The fraction of sp³-hybridized carbons (Fsp3) is 0.190. The number of hydrogen-bond donors (Lipinski definition) is 0. The molecule has 0 bridgehead atoms. The largest absolute Gasteiger partial charge is 0.438 e. The summed E-state index contributed by atoms with van der Waals surface area (Å²) in [5.41, 5.74) is 1.89. The Labute approximate surface area is 162 Å². The van der Waals surface area contributed by atoms with Gasteiger partial charge in [0.1, 0.15) is 5.60 Å². The van der Waals surface area contributed by atoms with E-state index in [1.807, 2.05) is 55.5 Å². The highest BCUT2D eigenvalue weighted by atomic mass is 35.5. The van der Waals surface area contributed by atoms with Crippen molar-refractivity contribution in [2.75, 3.05) is 11.4 Å². The van der Waals surface area contributed by atoms with E-state index in [1.165, 1.54) is 4.90 Å². The highest BCUT2D eigenvalue weighted by Crippen LogP contribution is 2.34. The first-order chi connectivity index (χ1) is 13.0. The molecule has 0 N–H and O–H groups in total. The van der Waals surface area contributed by atoms with Gasteiger partial charge in [-0.25, -0.2) is 19.7 Å². The minimum absolute atomic E-state index is 0.326. The second-order valence-corrected chi connectivity index (χ2v) is 7.06. The molecule has 1 aliphatic heterocycles. The van der Waals surface area contributed by atoms with Crippen LogP contribution < -0.4 is 4.90 Å². The molecule has 2 aromatic carbocycles. The van der Waals surface area contributed by atoms with Gasteiger partial charge in [-0.1, -0.05) is 54.1 Å². The quantitative estimate of drug-likeness (QED) is 0.638. The van der Waals surface area contributed by atoms with Crippen LogP contribution in [0.3, 0.4) is 0 Å². The monoisotopic (exact) mass is 379 g/mol. The molecular formula is C21H18ClN3O2. The van der Waals surface area contributed by atoms with Crippen molar-refractivity contribution in [2.45, 2.75) is 18.9 Å². The zero-order valence-corrected chi connectivity index (χ0v) is 15.6. The average molecular weight is 380 g/mol. The maximum absolute atomic E-state index is 12.7. The van der Waals surface area contributed by atoms with Crippen molar-refractivity contribution < 1.29 is 9.53 Å². The second-order valence-electron chi connectivity index (χ2n) is 6.62. The van der Waals surface area contributed by atoms with Gasteiger partial charge in [-0.05, 0) is 30.7 Å². The van der Waals surface area contributed by atoms with Crippen LogP contribution in [0.5, 0.6) is 0 Å². The molecular weight excluding hydrogens is 362 g/mol. The highest BCUT2D eigenvalue weighted by Gasteiger charge is 2.39. The Morgan fingerprint density at radius 1 is 1.11 bits per heavy atom. The van der Waals surface area contributed by atoms with E-state index in [-0.39, 0.29) is 0 Å². The third-order valence-corrected chi connectivity index (χ3v) is 4.97. The van der Waals surface area contributed by atoms with Crippen LogP contribution >= 0.6 is 11.6 Å². The number of aromatic nitrogens is 2. The van der Waals surface area contributed by atoms with Crippen LogP contribution in [0.25, 0.3) is 11.3 Å². The number of cyclic esters (lactones) is 1. The normalized spacial score (nSPS) is 19.6. The van der Waals surface area contributed by atoms with Crippen LogP contribution in [0, 0.1) is 0 Å². The summed E-state index contributed by atoms with van der Waals surface area (Å²) in [6, 6.07) is 19.0. The minimum Gasteiger partial charge on any atom is -0.438 e. The molecule has 0 saturated carbocycles. The van der Waals surface area contributed by atoms with Gasteiger partial charge in [0.05, 0.1) is 5.69 Å². The number of carbonyl (C=O) groups excluding carboxylic acids is 1. The lowest BCUT2D eigenvalue weighted by molar-refractivity contribution is 0.00546. The summed E-state index contributed by atoms with van der Waals surface area (Å²) in [6.07, 6.45) is 1.83. The standard InChI is InChI=1S/C21H18ClN3O2/c1-21(16-7-3-2-4-8-16)11-13-25(20(26)27-21)19-23-12-10-18(24-19)15-6-5-9-17(22)14-15/h2-10,12,14H,11,13H2,1H3. The minimum atomic E-state index is -0.653. The number of carbonyl (C=O) groups is 1. The van der Waals surface area contributed by atoms with Crippen molar-refractivity contribution in [3.63, 3.8) is 0 Å². The lowest BCUT2D eigenvalue weighted by atomic mass is 9.91. The Balaban J connectivity index is 1.59. The molecule has 0 spiro atoms. The Morgan fingerprint density at radius 3 is 2.67 bits per heavy atom. The summed E-state index contributed by atoms with van der Waals surface area (Å²) in [5.74, 6) is 0.326. The van der Waals surface area contributed by atoms with Crippen molar-refractivity contribution in [3.05, 3.63) is 77.4 Å². The summed E-state index contributed by atoms with van der Waals surface area (Å²) >= 11 is 6.07. The predicted octanol–water partition coefficient (Wildman–Crippen LogP) is 5.06. The molecule has 4 rings (SSSR count). The summed E-state index contributed by atoms with van der Waals surface area (Å²) in [6.45, 7) is 2.41. The maximum atomic E-state index is 12.7. The van der Waals surface area contributed by atoms with E-state index < -0.39 is 11.7 Å².